The van der Waals surface area contributed by atoms with Crippen molar-refractivity contribution in [2.75, 3.05) is 19.6 Å². The van der Waals surface area contributed by atoms with Gasteiger partial charge in [-0.2, -0.15) is 0 Å². The second kappa shape index (κ2) is 7.19. The van der Waals surface area contributed by atoms with E-state index in [2.05, 4.69) is 11.9 Å². The van der Waals surface area contributed by atoms with Gasteiger partial charge in [0.2, 0.25) is 0 Å². The van der Waals surface area contributed by atoms with Crippen molar-refractivity contribution in [3.8, 4) is 0 Å². The average Bonchev–Trinajstić information content (AvgIpc) is 2.48. The maximum Gasteiger partial charge on any atom is 0.256 e. The number of rotatable bonds is 6. The number of likely N-dealkylation sites (tertiary alicyclic amines) is 1. The quantitative estimate of drug-likeness (QED) is 0.787. The molecule has 1 aliphatic heterocycles. The van der Waals surface area contributed by atoms with E-state index >= 15 is 0 Å². The highest BCUT2D eigenvalue weighted by Crippen LogP contribution is 2.24. The summed E-state index contributed by atoms with van der Waals surface area (Å²) in [6.07, 6.45) is 0.949. The molecule has 126 valence electrons. The van der Waals surface area contributed by atoms with Crippen LogP contribution in [-0.4, -0.2) is 41.1 Å². The number of amides is 1. The van der Waals surface area contributed by atoms with Crippen molar-refractivity contribution in [2.24, 2.45) is 0 Å². The number of halogens is 2. The Balaban J connectivity index is 2.07. The van der Waals surface area contributed by atoms with E-state index in [0.717, 1.165) is 11.6 Å². The second-order valence-electron chi connectivity index (χ2n) is 6.14. The van der Waals surface area contributed by atoms with Crippen molar-refractivity contribution in [2.45, 2.75) is 31.9 Å². The van der Waals surface area contributed by atoms with Crippen LogP contribution in [-0.2, 0) is 11.3 Å². The number of benzene rings is 1. The molecule has 2 rings (SSSR count). The Morgan fingerprint density at radius 1 is 1.48 bits per heavy atom. The minimum Gasteiger partial charge on any atom is -0.379 e. The van der Waals surface area contributed by atoms with Crippen LogP contribution in [0.5, 0.6) is 0 Å². The average molecular weight is 324 g/mol. The first-order valence-corrected chi connectivity index (χ1v) is 7.63. The van der Waals surface area contributed by atoms with Crippen LogP contribution in [0.3, 0.4) is 0 Å². The van der Waals surface area contributed by atoms with E-state index < -0.39 is 23.1 Å². The van der Waals surface area contributed by atoms with Gasteiger partial charge in [-0.15, -0.1) is 0 Å². The van der Waals surface area contributed by atoms with Gasteiger partial charge < -0.3 is 15.3 Å². The number of nitrogens with one attached hydrogen (secondary N) is 1. The molecule has 2 N–H and O–H groups in total. The number of hydrogen-bond acceptors (Lipinski definition) is 3. The van der Waals surface area contributed by atoms with Gasteiger partial charge in [0.1, 0.15) is 0 Å². The maximum absolute atomic E-state index is 13.8. The highest BCUT2D eigenvalue weighted by atomic mass is 19.2. The molecular formula is C17H22F2N2O2. The normalized spacial score (nSPS) is 21.6. The minimum absolute atomic E-state index is 0.0504. The van der Waals surface area contributed by atoms with Crippen LogP contribution >= 0.6 is 0 Å². The van der Waals surface area contributed by atoms with Gasteiger partial charge in [0.15, 0.2) is 17.2 Å². The van der Waals surface area contributed by atoms with Crippen molar-refractivity contribution >= 4 is 5.91 Å². The fourth-order valence-electron chi connectivity index (χ4n) is 2.74. The predicted octanol–water partition coefficient (Wildman–Crippen LogP) is 1.98. The zero-order valence-corrected chi connectivity index (χ0v) is 13.2. The molecule has 0 aromatic heterocycles. The van der Waals surface area contributed by atoms with Crippen molar-refractivity contribution in [3.05, 3.63) is 47.5 Å². The molecule has 1 aromatic carbocycles. The second-order valence-corrected chi connectivity index (χ2v) is 6.14. The van der Waals surface area contributed by atoms with E-state index in [9.17, 15) is 18.7 Å². The Bertz CT molecular complexity index is 606. The molecular weight excluding hydrogens is 302 g/mol. The lowest BCUT2D eigenvalue weighted by atomic mass is 9.91. The van der Waals surface area contributed by atoms with Crippen LogP contribution in [0.2, 0.25) is 0 Å². The van der Waals surface area contributed by atoms with Crippen molar-refractivity contribution < 1.29 is 18.7 Å². The number of carbonyl (C=O) groups is 1. The fraction of sp³-hybridized carbons (Fsp3) is 0.471. The summed E-state index contributed by atoms with van der Waals surface area (Å²) in [5.41, 5.74) is -0.509. The first kappa shape index (κ1) is 17.6. The fourth-order valence-corrected chi connectivity index (χ4v) is 2.74. The molecule has 0 bridgehead atoms. The molecule has 0 spiro atoms. The van der Waals surface area contributed by atoms with Gasteiger partial charge in [-0.1, -0.05) is 24.3 Å². The van der Waals surface area contributed by atoms with Gasteiger partial charge >= 0.3 is 0 Å². The van der Waals surface area contributed by atoms with Gasteiger partial charge in [0.05, 0.1) is 0 Å². The molecule has 0 saturated carbocycles. The number of carbonyl (C=O) groups excluding carboxylic acids is 1. The summed E-state index contributed by atoms with van der Waals surface area (Å²) in [6.45, 7) is 6.58. The summed E-state index contributed by atoms with van der Waals surface area (Å²) >= 11 is 0. The van der Waals surface area contributed by atoms with E-state index in [1.54, 1.807) is 0 Å². The maximum atomic E-state index is 13.8. The van der Waals surface area contributed by atoms with Crippen LogP contribution in [0.4, 0.5) is 8.78 Å². The first-order valence-electron chi connectivity index (χ1n) is 7.63. The van der Waals surface area contributed by atoms with Gasteiger partial charge in [-0.3, -0.25) is 4.79 Å². The molecule has 1 aromatic rings. The molecule has 6 heteroatoms. The monoisotopic (exact) mass is 324 g/mol. The van der Waals surface area contributed by atoms with E-state index in [1.807, 2.05) is 6.92 Å². The Hall–Kier alpha value is -1.79. The molecule has 1 saturated heterocycles. The van der Waals surface area contributed by atoms with Crippen LogP contribution in [0.1, 0.15) is 25.3 Å². The molecule has 1 unspecified atom stereocenters. The zero-order valence-electron chi connectivity index (χ0n) is 13.2. The predicted molar refractivity (Wildman–Crippen MR) is 83.6 cm³/mol. The lowest BCUT2D eigenvalue weighted by molar-refractivity contribution is -0.157. The first-order chi connectivity index (χ1) is 10.8. The summed E-state index contributed by atoms with van der Waals surface area (Å²) in [5.74, 6) is -2.35. The van der Waals surface area contributed by atoms with E-state index in [4.69, 9.17) is 0 Å². The molecule has 4 nitrogen and oxygen atoms in total. The third kappa shape index (κ3) is 4.14. The van der Waals surface area contributed by atoms with Crippen molar-refractivity contribution in [1.82, 2.24) is 10.2 Å². The highest BCUT2D eigenvalue weighted by molar-refractivity contribution is 5.86. The third-order valence-corrected chi connectivity index (χ3v) is 3.94. The van der Waals surface area contributed by atoms with Gasteiger partial charge in [-0.25, -0.2) is 8.78 Å². The summed E-state index contributed by atoms with van der Waals surface area (Å²) < 4.78 is 27.0. The van der Waals surface area contributed by atoms with Gasteiger partial charge in [0, 0.05) is 31.7 Å². The Morgan fingerprint density at radius 2 is 2.22 bits per heavy atom. The smallest absolute Gasteiger partial charge is 0.256 e. The topological polar surface area (TPSA) is 52.6 Å². The summed E-state index contributed by atoms with van der Waals surface area (Å²) in [7, 11) is 0. The number of aliphatic hydroxyl groups is 1. The largest absolute Gasteiger partial charge is 0.379 e. The summed E-state index contributed by atoms with van der Waals surface area (Å²) in [5, 5.41) is 13.6. The van der Waals surface area contributed by atoms with Crippen LogP contribution in [0.25, 0.3) is 0 Å². The minimum atomic E-state index is -1.52. The highest BCUT2D eigenvalue weighted by Gasteiger charge is 2.41. The van der Waals surface area contributed by atoms with Crippen LogP contribution in [0, 0.1) is 11.6 Å². The van der Waals surface area contributed by atoms with Crippen LogP contribution in [0.15, 0.2) is 30.4 Å². The number of piperidine rings is 1. The molecule has 23 heavy (non-hydrogen) atoms. The Morgan fingerprint density at radius 3 is 2.91 bits per heavy atom. The van der Waals surface area contributed by atoms with Gasteiger partial charge in [0.25, 0.3) is 5.91 Å². The van der Waals surface area contributed by atoms with Crippen molar-refractivity contribution in [1.29, 1.82) is 0 Å². The third-order valence-electron chi connectivity index (χ3n) is 3.94. The number of nitrogens with zero attached hydrogens (tertiary/aromatic N) is 1. The van der Waals surface area contributed by atoms with E-state index in [-0.39, 0.29) is 18.7 Å². The molecule has 1 atom stereocenters. The Kier molecular flexibility index (Phi) is 5.49. The molecule has 0 radical (unpaired) electrons. The lowest BCUT2D eigenvalue weighted by Crippen LogP contribution is -2.57. The number of hydrogen-bond donors (Lipinski definition) is 2. The summed E-state index contributed by atoms with van der Waals surface area (Å²) in [6, 6.07) is 3.89. The molecule has 1 heterocycles. The SMILES string of the molecule is C=C(C)CNCC1(O)CCCN(Cc2cccc(F)c2F)C1=O. The lowest BCUT2D eigenvalue weighted by Gasteiger charge is -2.38. The van der Waals surface area contributed by atoms with E-state index in [1.165, 1.54) is 17.0 Å². The molecule has 1 amide bonds. The van der Waals surface area contributed by atoms with Crippen LogP contribution < -0.4 is 5.32 Å². The van der Waals surface area contributed by atoms with Gasteiger partial charge in [-0.05, 0) is 25.8 Å². The van der Waals surface area contributed by atoms with Crippen molar-refractivity contribution in [3.63, 3.8) is 0 Å². The summed E-state index contributed by atoms with van der Waals surface area (Å²) in [4.78, 5) is 13.9. The molecule has 1 aliphatic rings. The Labute approximate surface area is 134 Å². The molecule has 1 fully saturated rings. The molecule has 0 aliphatic carbocycles. The zero-order chi connectivity index (χ0) is 17.0. The standard InChI is InChI=1S/C17H22F2N2O2/c1-12(2)9-20-11-17(23)7-4-8-21(16(17)22)10-13-5-3-6-14(18)15(13)19/h3,5-6,20,23H,1,4,7-11H2,2H3. The van der Waals surface area contributed by atoms with E-state index in [0.29, 0.717) is 25.9 Å².